The second kappa shape index (κ2) is 29.7. The number of aliphatic hydroxyl groups is 1. The van der Waals surface area contributed by atoms with Crippen LogP contribution in [-0.4, -0.2) is 151 Å². The fraction of sp³-hybridized carbons (Fsp3) is 0.653. The molecule has 16 nitrogen and oxygen atoms in total. The summed E-state index contributed by atoms with van der Waals surface area (Å²) in [6, 6.07) is 16.5. The number of nitrogens with one attached hydrogen (secondary N) is 2. The smallest absolute Gasteiger partial charge is 0.269 e. The number of ether oxygens (including phenoxy) is 4. The molecule has 1 unspecified atom stereocenters. The molecule has 5 atom stereocenters. The van der Waals surface area contributed by atoms with E-state index in [0.717, 1.165) is 18.1 Å². The lowest BCUT2D eigenvalue weighted by Crippen LogP contribution is -2.54. The molecule has 2 aromatic carbocycles. The van der Waals surface area contributed by atoms with Gasteiger partial charge in [-0.25, -0.2) is 0 Å². The Balaban J connectivity index is 1.78. The summed E-state index contributed by atoms with van der Waals surface area (Å²) in [4.78, 5) is 72.4. The fourth-order valence-corrected chi connectivity index (χ4v) is 8.41. The van der Waals surface area contributed by atoms with Gasteiger partial charge < -0.3 is 34.7 Å². The van der Waals surface area contributed by atoms with Gasteiger partial charge in [0.15, 0.2) is 11.6 Å². The van der Waals surface area contributed by atoms with Crippen molar-refractivity contribution in [3.05, 3.63) is 71.8 Å². The van der Waals surface area contributed by atoms with Crippen molar-refractivity contribution >= 4 is 39.3 Å². The number of rotatable bonds is 34. The number of ketones is 3. The number of nitrogens with zero attached hydrogens (tertiary/aromatic N) is 1. The van der Waals surface area contributed by atoms with E-state index in [2.05, 4.69) is 10.6 Å². The van der Waals surface area contributed by atoms with Gasteiger partial charge in [0.25, 0.3) is 10.1 Å². The highest BCUT2D eigenvalue weighted by Gasteiger charge is 2.40. The van der Waals surface area contributed by atoms with Crippen LogP contribution in [0, 0.1) is 23.7 Å². The van der Waals surface area contributed by atoms with Gasteiger partial charge in [0, 0.05) is 44.9 Å². The predicted molar refractivity (Wildman–Crippen MR) is 250 cm³/mol. The highest BCUT2D eigenvalue weighted by molar-refractivity contribution is 7.86. The molecule has 0 spiro atoms. The van der Waals surface area contributed by atoms with Gasteiger partial charge in [0.1, 0.15) is 18.0 Å². The minimum absolute atomic E-state index is 0.00391. The van der Waals surface area contributed by atoms with Crippen molar-refractivity contribution in [2.45, 2.75) is 97.2 Å². The summed E-state index contributed by atoms with van der Waals surface area (Å²) in [5.74, 6) is -4.74. The van der Waals surface area contributed by atoms with E-state index < -0.39 is 69.6 Å². The van der Waals surface area contributed by atoms with Gasteiger partial charge in [0.05, 0.1) is 70.6 Å². The third-order valence-corrected chi connectivity index (χ3v) is 12.3. The first kappa shape index (κ1) is 56.4. The summed E-state index contributed by atoms with van der Waals surface area (Å²) in [6.07, 6.45) is 1.16. The molecule has 0 aliphatic carbocycles. The Morgan fingerprint density at radius 2 is 1.30 bits per heavy atom. The summed E-state index contributed by atoms with van der Waals surface area (Å²) < 4.78 is 51.4. The zero-order chi connectivity index (χ0) is 48.5. The Hall–Kier alpha value is -3.94. The minimum atomic E-state index is -4.22. The van der Waals surface area contributed by atoms with Gasteiger partial charge in [0.2, 0.25) is 11.8 Å². The number of methoxy groups -OCH3 is 1. The Kier molecular flexibility index (Phi) is 25.4. The van der Waals surface area contributed by atoms with E-state index in [-0.39, 0.29) is 81.9 Å². The molecule has 0 bridgehead atoms. The van der Waals surface area contributed by atoms with Crippen LogP contribution in [0.4, 0.5) is 0 Å². The number of carbonyl (C=O) groups is 5. The lowest BCUT2D eigenvalue weighted by atomic mass is 9.86. The Bertz CT molecular complexity index is 1870. The van der Waals surface area contributed by atoms with E-state index in [4.69, 9.17) is 23.1 Å². The molecule has 0 radical (unpaired) electrons. The second-order valence-electron chi connectivity index (χ2n) is 18.2. The lowest BCUT2D eigenvalue weighted by molar-refractivity contribution is -0.143. The summed E-state index contributed by atoms with van der Waals surface area (Å²) in [6.45, 7) is 11.2. The normalized spacial score (nSPS) is 16.3. The molecule has 0 aromatic heterocycles. The number of carbonyl (C=O) groups excluding carboxylic acids is 5. The molecule has 1 saturated heterocycles. The monoisotopic (exact) mass is 946 g/mol. The first-order chi connectivity index (χ1) is 31.4. The maximum atomic E-state index is 14.4. The Labute approximate surface area is 392 Å². The van der Waals surface area contributed by atoms with Crippen molar-refractivity contribution in [2.75, 3.05) is 85.4 Å². The molecule has 2 amide bonds. The highest BCUT2D eigenvalue weighted by Crippen LogP contribution is 2.22. The molecule has 3 N–H and O–H groups in total. The van der Waals surface area contributed by atoms with E-state index in [1.165, 1.54) is 0 Å². The molecule has 1 aliphatic heterocycles. The van der Waals surface area contributed by atoms with E-state index in [1.54, 1.807) is 7.11 Å². The van der Waals surface area contributed by atoms with Crippen LogP contribution < -0.4 is 10.6 Å². The molecule has 17 heteroatoms. The number of aryl methyl sites for hydroxylation is 1. The highest BCUT2D eigenvalue weighted by atomic mass is 32.2. The van der Waals surface area contributed by atoms with Crippen molar-refractivity contribution in [2.24, 2.45) is 23.7 Å². The summed E-state index contributed by atoms with van der Waals surface area (Å²) in [5.41, 5.74) is -0.547. The van der Waals surface area contributed by atoms with Crippen LogP contribution in [0.5, 0.6) is 0 Å². The molecule has 0 saturated carbocycles. The number of hydrogen-bond acceptors (Lipinski definition) is 14. The molecule has 2 aromatic rings. The van der Waals surface area contributed by atoms with Crippen molar-refractivity contribution in [3.63, 3.8) is 0 Å². The minimum Gasteiger partial charge on any atom is -0.382 e. The first-order valence-electron chi connectivity index (χ1n) is 23.2. The molecule has 66 heavy (non-hydrogen) atoms. The van der Waals surface area contributed by atoms with E-state index in [1.807, 2.05) is 93.3 Å². The number of morpholine rings is 1. The van der Waals surface area contributed by atoms with Gasteiger partial charge in [-0.2, -0.15) is 8.42 Å². The second-order valence-corrected chi connectivity index (χ2v) is 19.9. The zero-order valence-electron chi connectivity index (χ0n) is 39.9. The van der Waals surface area contributed by atoms with Crippen LogP contribution >= 0.6 is 0 Å². The zero-order valence-corrected chi connectivity index (χ0v) is 40.7. The van der Waals surface area contributed by atoms with Gasteiger partial charge >= 0.3 is 0 Å². The summed E-state index contributed by atoms with van der Waals surface area (Å²) in [5, 5.41) is 17.1. The van der Waals surface area contributed by atoms with E-state index >= 15 is 0 Å². The topological polar surface area (TPSA) is 213 Å². The van der Waals surface area contributed by atoms with Crippen LogP contribution in [0.2, 0.25) is 0 Å². The molecule has 1 heterocycles. The Morgan fingerprint density at radius 1 is 0.758 bits per heavy atom. The molecule has 370 valence electrons. The van der Waals surface area contributed by atoms with Crippen LogP contribution in [0.15, 0.2) is 60.7 Å². The van der Waals surface area contributed by atoms with Gasteiger partial charge in [-0.15, -0.1) is 0 Å². The average molecular weight is 946 g/mol. The maximum Gasteiger partial charge on any atom is 0.269 e. The first-order valence-corrected chi connectivity index (χ1v) is 24.8. The van der Waals surface area contributed by atoms with Gasteiger partial charge in [-0.1, -0.05) is 88.4 Å². The van der Waals surface area contributed by atoms with Crippen LogP contribution in [-0.2, 0) is 70.1 Å². The maximum absolute atomic E-state index is 14.4. The van der Waals surface area contributed by atoms with Crippen molar-refractivity contribution in [1.29, 1.82) is 0 Å². The van der Waals surface area contributed by atoms with Crippen molar-refractivity contribution < 1.29 is 60.6 Å². The largest absolute Gasteiger partial charge is 0.382 e. The summed E-state index contributed by atoms with van der Waals surface area (Å²) in [7, 11) is -2.67. The average Bonchev–Trinajstić information content (AvgIpc) is 3.27. The fourth-order valence-electron chi connectivity index (χ4n) is 7.56. The number of Topliss-reactive ketones (excluding diaryl/α,β-unsaturated/α-hetero) is 3. The van der Waals surface area contributed by atoms with E-state index in [9.17, 15) is 37.5 Å². The third kappa shape index (κ3) is 22.2. The lowest BCUT2D eigenvalue weighted by Gasteiger charge is -2.30. The SMILES string of the molecule is COCCOCCOCCS(=O)(=O)OCC(C)(O)C(=O)[C@H](CC(C)C)NC(=O)[C@@H](CC(=O)[C@H](CC(C)C)NC(=O)[C@H](CCc1ccccc1)CC(=O)CN1CCOCC1)Cc1ccccc1. The van der Waals surface area contributed by atoms with Crippen LogP contribution in [0.25, 0.3) is 0 Å². The molecular formula is C49H75N3O13S. The molecule has 1 fully saturated rings. The molecule has 1 aliphatic rings. The predicted octanol–water partition coefficient (Wildman–Crippen LogP) is 3.75. The van der Waals surface area contributed by atoms with Crippen molar-refractivity contribution in [3.8, 4) is 0 Å². The Morgan fingerprint density at radius 3 is 1.91 bits per heavy atom. The van der Waals surface area contributed by atoms with Crippen LogP contribution in [0.1, 0.15) is 77.8 Å². The summed E-state index contributed by atoms with van der Waals surface area (Å²) >= 11 is 0. The number of amides is 2. The van der Waals surface area contributed by atoms with Gasteiger partial charge in [-0.05, 0) is 62.0 Å². The van der Waals surface area contributed by atoms with E-state index in [0.29, 0.717) is 52.4 Å². The van der Waals surface area contributed by atoms with Crippen molar-refractivity contribution in [1.82, 2.24) is 15.5 Å². The molecular weight excluding hydrogens is 871 g/mol. The van der Waals surface area contributed by atoms with Gasteiger partial charge in [-0.3, -0.25) is 33.1 Å². The molecule has 3 rings (SSSR count). The van der Waals surface area contributed by atoms with Crippen LogP contribution in [0.3, 0.4) is 0 Å². The third-order valence-electron chi connectivity index (χ3n) is 11.2. The number of hydrogen-bond donors (Lipinski definition) is 3. The standard InChI is InChI=1S/C49H75N3O13S/c1-36(2)29-43(50-47(56)40(18-17-38-13-9-7-10-14-38)32-42(53)34-52-19-21-62-22-20-52)45(54)33-41(31-39-15-11-8-12-16-39)48(57)51-44(30-37(3)4)46(55)49(5,58)35-65-66(59,60)28-27-64-26-25-63-24-23-61-6/h7-16,36-37,40-41,43-44,58H,17-35H2,1-6H3,(H,50,56)(H,51,57)/t40-,41-,43+,44+,49?/m1/s1. The quantitative estimate of drug-likeness (QED) is 0.0674. The number of benzene rings is 2.